The van der Waals surface area contributed by atoms with Gasteiger partial charge in [0.2, 0.25) is 0 Å². The Kier molecular flexibility index (Phi) is 3.66. The third-order valence-corrected chi connectivity index (χ3v) is 2.66. The number of benzene rings is 1. The number of carbonyl (C=O) groups is 1. The lowest BCUT2D eigenvalue weighted by atomic mass is 10.1. The third-order valence-electron chi connectivity index (χ3n) is 2.43. The van der Waals surface area contributed by atoms with E-state index in [1.165, 1.54) is 0 Å². The van der Waals surface area contributed by atoms with Crippen molar-refractivity contribution in [1.29, 1.82) is 5.26 Å². The minimum atomic E-state index is -0.723. The lowest BCUT2D eigenvalue weighted by molar-refractivity contribution is 0.0941. The van der Waals surface area contributed by atoms with E-state index in [4.69, 9.17) is 16.9 Å². The van der Waals surface area contributed by atoms with E-state index < -0.39 is 6.04 Å². The van der Waals surface area contributed by atoms with E-state index in [-0.39, 0.29) is 5.91 Å². The van der Waals surface area contributed by atoms with Gasteiger partial charge < -0.3 is 10.3 Å². The first-order valence-corrected chi connectivity index (χ1v) is 5.68. The van der Waals surface area contributed by atoms with Gasteiger partial charge in [-0.2, -0.15) is 5.26 Å². The van der Waals surface area contributed by atoms with Crippen LogP contribution in [0.1, 0.15) is 22.1 Å². The van der Waals surface area contributed by atoms with Crippen LogP contribution in [0.4, 0.5) is 0 Å². The van der Waals surface area contributed by atoms with Gasteiger partial charge in [0.1, 0.15) is 11.7 Å². The molecule has 90 valence electrons. The SMILES string of the molecule is N#CC(NC(=O)c1ccc[nH]1)c1cccc(Cl)c1. The molecule has 1 aromatic carbocycles. The number of aromatic amines is 1. The monoisotopic (exact) mass is 259 g/mol. The molecular formula is C13H10ClN3O. The molecule has 1 unspecified atom stereocenters. The van der Waals surface area contributed by atoms with Crippen LogP contribution in [-0.2, 0) is 0 Å². The second kappa shape index (κ2) is 5.39. The Bertz CT molecular complexity index is 587. The van der Waals surface area contributed by atoms with Gasteiger partial charge in [-0.25, -0.2) is 0 Å². The number of nitriles is 1. The number of aromatic nitrogens is 1. The molecular weight excluding hydrogens is 250 g/mol. The zero-order chi connectivity index (χ0) is 13.0. The highest BCUT2D eigenvalue weighted by Crippen LogP contribution is 2.17. The highest BCUT2D eigenvalue weighted by molar-refractivity contribution is 6.30. The summed E-state index contributed by atoms with van der Waals surface area (Å²) < 4.78 is 0. The fourth-order valence-corrected chi connectivity index (χ4v) is 1.76. The molecule has 0 spiro atoms. The second-order valence-electron chi connectivity index (χ2n) is 3.67. The summed E-state index contributed by atoms with van der Waals surface area (Å²) in [5, 5.41) is 12.3. The van der Waals surface area contributed by atoms with Gasteiger partial charge in [0.15, 0.2) is 0 Å². The predicted octanol–water partition coefficient (Wildman–Crippen LogP) is 2.66. The number of nitrogens with zero attached hydrogens (tertiary/aromatic N) is 1. The normalized spacial score (nSPS) is 11.6. The van der Waals surface area contributed by atoms with E-state index >= 15 is 0 Å². The molecule has 0 bridgehead atoms. The molecule has 0 aliphatic carbocycles. The minimum Gasteiger partial charge on any atom is -0.357 e. The molecule has 0 aliphatic heterocycles. The maximum atomic E-state index is 11.8. The van der Waals surface area contributed by atoms with Crippen molar-refractivity contribution in [3.8, 4) is 6.07 Å². The third kappa shape index (κ3) is 2.70. The fourth-order valence-electron chi connectivity index (χ4n) is 1.56. The number of nitrogens with one attached hydrogen (secondary N) is 2. The predicted molar refractivity (Wildman–Crippen MR) is 68.1 cm³/mol. The number of carbonyl (C=O) groups excluding carboxylic acids is 1. The molecule has 1 amide bonds. The topological polar surface area (TPSA) is 68.7 Å². The molecule has 1 aromatic heterocycles. The Balaban J connectivity index is 2.16. The molecule has 2 N–H and O–H groups in total. The standard InChI is InChI=1S/C13H10ClN3O/c14-10-4-1-3-9(7-10)12(8-15)17-13(18)11-5-2-6-16-11/h1-7,12,16H,(H,17,18). The Morgan fingerprint density at radius 1 is 1.39 bits per heavy atom. The first-order valence-electron chi connectivity index (χ1n) is 5.30. The number of halogens is 1. The summed E-state index contributed by atoms with van der Waals surface area (Å²) in [4.78, 5) is 14.6. The number of amides is 1. The number of rotatable bonds is 3. The second-order valence-corrected chi connectivity index (χ2v) is 4.11. The maximum absolute atomic E-state index is 11.8. The van der Waals surface area contributed by atoms with Crippen LogP contribution >= 0.6 is 11.6 Å². The van der Waals surface area contributed by atoms with E-state index in [0.717, 1.165) is 0 Å². The van der Waals surface area contributed by atoms with E-state index in [0.29, 0.717) is 16.3 Å². The molecule has 18 heavy (non-hydrogen) atoms. The zero-order valence-electron chi connectivity index (χ0n) is 9.35. The molecule has 2 aromatic rings. The van der Waals surface area contributed by atoms with Crippen molar-refractivity contribution in [3.63, 3.8) is 0 Å². The zero-order valence-corrected chi connectivity index (χ0v) is 10.1. The van der Waals surface area contributed by atoms with E-state index in [9.17, 15) is 4.79 Å². The summed E-state index contributed by atoms with van der Waals surface area (Å²) in [6.45, 7) is 0. The molecule has 2 rings (SSSR count). The highest BCUT2D eigenvalue weighted by Gasteiger charge is 2.15. The van der Waals surface area contributed by atoms with Crippen LogP contribution in [0.3, 0.4) is 0 Å². The highest BCUT2D eigenvalue weighted by atomic mass is 35.5. The van der Waals surface area contributed by atoms with E-state index in [1.807, 2.05) is 6.07 Å². The molecule has 0 radical (unpaired) electrons. The van der Waals surface area contributed by atoms with Crippen LogP contribution in [-0.4, -0.2) is 10.9 Å². The van der Waals surface area contributed by atoms with Crippen LogP contribution in [0.2, 0.25) is 5.02 Å². The Hall–Kier alpha value is -2.25. The summed E-state index contributed by atoms with van der Waals surface area (Å²) in [5.74, 6) is -0.327. The maximum Gasteiger partial charge on any atom is 0.268 e. The van der Waals surface area contributed by atoms with Crippen LogP contribution in [0, 0.1) is 11.3 Å². The average Bonchev–Trinajstić information content (AvgIpc) is 2.89. The minimum absolute atomic E-state index is 0.327. The Morgan fingerprint density at radius 3 is 2.83 bits per heavy atom. The van der Waals surface area contributed by atoms with Gasteiger partial charge in [-0.15, -0.1) is 0 Å². The van der Waals surface area contributed by atoms with Crippen LogP contribution in [0.5, 0.6) is 0 Å². The first-order chi connectivity index (χ1) is 8.70. The smallest absolute Gasteiger partial charge is 0.268 e. The number of hydrogen-bond donors (Lipinski definition) is 2. The summed E-state index contributed by atoms with van der Waals surface area (Å²) in [6.07, 6.45) is 1.65. The van der Waals surface area contributed by atoms with Crippen molar-refractivity contribution in [3.05, 3.63) is 58.9 Å². The quantitative estimate of drug-likeness (QED) is 0.890. The fraction of sp³-hybridized carbons (Fsp3) is 0.0769. The van der Waals surface area contributed by atoms with E-state index in [2.05, 4.69) is 10.3 Å². The van der Waals surface area contributed by atoms with Crippen molar-refractivity contribution in [2.24, 2.45) is 0 Å². The van der Waals surface area contributed by atoms with Gasteiger partial charge >= 0.3 is 0 Å². The molecule has 0 aliphatic rings. The summed E-state index contributed by atoms with van der Waals surface area (Å²) in [5.41, 5.74) is 1.07. The van der Waals surface area contributed by atoms with Gasteiger partial charge in [0, 0.05) is 11.2 Å². The lowest BCUT2D eigenvalue weighted by Gasteiger charge is -2.11. The Labute approximate surface area is 109 Å². The van der Waals surface area contributed by atoms with E-state index in [1.54, 1.807) is 42.6 Å². The summed E-state index contributed by atoms with van der Waals surface area (Å²) in [7, 11) is 0. The molecule has 1 heterocycles. The first kappa shape index (κ1) is 12.2. The van der Waals surface area contributed by atoms with Crippen molar-refractivity contribution in [2.45, 2.75) is 6.04 Å². The van der Waals surface area contributed by atoms with Gasteiger partial charge in [0.05, 0.1) is 6.07 Å². The Morgan fingerprint density at radius 2 is 2.22 bits per heavy atom. The number of hydrogen-bond acceptors (Lipinski definition) is 2. The molecule has 0 fully saturated rings. The van der Waals surface area contributed by atoms with Gasteiger partial charge in [-0.3, -0.25) is 4.79 Å². The molecule has 0 saturated carbocycles. The van der Waals surface area contributed by atoms with Crippen molar-refractivity contribution in [2.75, 3.05) is 0 Å². The molecule has 5 heteroatoms. The van der Waals surface area contributed by atoms with Crippen molar-refractivity contribution in [1.82, 2.24) is 10.3 Å². The van der Waals surface area contributed by atoms with Crippen molar-refractivity contribution >= 4 is 17.5 Å². The van der Waals surface area contributed by atoms with Gasteiger partial charge in [-0.1, -0.05) is 23.7 Å². The van der Waals surface area contributed by atoms with Crippen LogP contribution < -0.4 is 5.32 Å². The van der Waals surface area contributed by atoms with Gasteiger partial charge in [0.25, 0.3) is 5.91 Å². The van der Waals surface area contributed by atoms with Gasteiger partial charge in [-0.05, 0) is 29.8 Å². The van der Waals surface area contributed by atoms with Crippen molar-refractivity contribution < 1.29 is 4.79 Å². The summed E-state index contributed by atoms with van der Waals surface area (Å²) in [6, 6.07) is 11.5. The molecule has 4 nitrogen and oxygen atoms in total. The van der Waals surface area contributed by atoms with Crippen LogP contribution in [0.15, 0.2) is 42.6 Å². The molecule has 1 atom stereocenters. The van der Waals surface area contributed by atoms with Crippen LogP contribution in [0.25, 0.3) is 0 Å². The lowest BCUT2D eigenvalue weighted by Crippen LogP contribution is -2.27. The largest absolute Gasteiger partial charge is 0.357 e. The average molecular weight is 260 g/mol. The molecule has 0 saturated heterocycles. The number of H-pyrrole nitrogens is 1. The summed E-state index contributed by atoms with van der Waals surface area (Å²) >= 11 is 5.85.